The van der Waals surface area contributed by atoms with Crippen LogP contribution in [-0.2, 0) is 16.1 Å². The molecule has 2 aromatic rings. The van der Waals surface area contributed by atoms with Crippen LogP contribution in [0.25, 0.3) is 0 Å². The smallest absolute Gasteiger partial charge is 0.128 e. The Labute approximate surface area is 161 Å². The van der Waals surface area contributed by atoms with E-state index in [4.69, 9.17) is 9.47 Å². The Morgan fingerprint density at radius 1 is 1.15 bits per heavy atom. The molecule has 2 aliphatic heterocycles. The molecule has 2 aromatic carbocycles. The molecule has 0 N–H and O–H groups in total. The summed E-state index contributed by atoms with van der Waals surface area (Å²) in [7, 11) is 0. The average Bonchev–Trinajstić information content (AvgIpc) is 3.10. The van der Waals surface area contributed by atoms with Crippen molar-refractivity contribution in [2.45, 2.75) is 70.4 Å². The summed E-state index contributed by atoms with van der Waals surface area (Å²) < 4.78 is 26.9. The molecule has 0 amide bonds. The Hall–Kier alpha value is -1.71. The first-order valence-corrected chi connectivity index (χ1v) is 9.96. The van der Waals surface area contributed by atoms with Gasteiger partial charge in [-0.1, -0.05) is 61.9 Å². The number of ether oxygens (including phenoxy) is 2. The maximum atomic E-state index is 14.0. The Balaban J connectivity index is 1.57. The van der Waals surface area contributed by atoms with E-state index < -0.39 is 0 Å². The molecule has 2 nitrogen and oxygen atoms in total. The van der Waals surface area contributed by atoms with Gasteiger partial charge in [0.2, 0.25) is 0 Å². The van der Waals surface area contributed by atoms with E-state index in [0.29, 0.717) is 24.0 Å². The minimum atomic E-state index is -0.329. The number of hydrogen-bond donors (Lipinski definition) is 0. The first-order valence-electron chi connectivity index (χ1n) is 9.96. The molecule has 1 unspecified atom stereocenters. The predicted octanol–water partition coefficient (Wildman–Crippen LogP) is 5.78. The fourth-order valence-corrected chi connectivity index (χ4v) is 5.10. The van der Waals surface area contributed by atoms with Crippen LogP contribution in [0.4, 0.5) is 4.39 Å². The van der Waals surface area contributed by atoms with Crippen molar-refractivity contribution in [2.75, 3.05) is 0 Å². The second-order valence-corrected chi connectivity index (χ2v) is 8.79. The highest BCUT2D eigenvalue weighted by molar-refractivity contribution is 5.33. The minimum absolute atomic E-state index is 0.0134. The third-order valence-electron chi connectivity index (χ3n) is 6.63. The maximum absolute atomic E-state index is 14.0. The molecule has 2 fully saturated rings. The topological polar surface area (TPSA) is 18.5 Å². The molecule has 3 heteroatoms. The molecule has 27 heavy (non-hydrogen) atoms. The average molecular weight is 368 g/mol. The molecule has 4 rings (SSSR count). The van der Waals surface area contributed by atoms with Gasteiger partial charge in [-0.2, -0.15) is 0 Å². The van der Waals surface area contributed by atoms with Crippen molar-refractivity contribution < 1.29 is 13.9 Å². The fourth-order valence-electron chi connectivity index (χ4n) is 5.10. The van der Waals surface area contributed by atoms with Gasteiger partial charge in [-0.05, 0) is 37.8 Å². The van der Waals surface area contributed by atoms with E-state index in [1.807, 2.05) is 6.07 Å². The van der Waals surface area contributed by atoms with Gasteiger partial charge in [-0.3, -0.25) is 0 Å². The fraction of sp³-hybridized carbons (Fsp3) is 0.500. The molecule has 2 saturated heterocycles. The van der Waals surface area contributed by atoms with Gasteiger partial charge in [0, 0.05) is 17.9 Å². The monoisotopic (exact) mass is 368 g/mol. The normalized spacial score (nSPS) is 32.4. The van der Waals surface area contributed by atoms with Crippen LogP contribution in [0.2, 0.25) is 0 Å². The molecule has 0 spiro atoms. The van der Waals surface area contributed by atoms with Gasteiger partial charge < -0.3 is 9.47 Å². The molecule has 0 aliphatic carbocycles. The van der Waals surface area contributed by atoms with E-state index in [1.165, 1.54) is 17.2 Å². The number of benzene rings is 2. The third kappa shape index (κ3) is 3.11. The first-order chi connectivity index (χ1) is 12.8. The van der Waals surface area contributed by atoms with Crippen molar-refractivity contribution in [1.29, 1.82) is 0 Å². The van der Waals surface area contributed by atoms with Gasteiger partial charge in [0.15, 0.2) is 0 Å². The summed E-state index contributed by atoms with van der Waals surface area (Å²) in [6, 6.07) is 15.6. The van der Waals surface area contributed by atoms with Gasteiger partial charge in [0.25, 0.3) is 0 Å². The quantitative estimate of drug-likeness (QED) is 0.666. The highest BCUT2D eigenvalue weighted by atomic mass is 19.1. The molecule has 0 radical (unpaired) electrons. The summed E-state index contributed by atoms with van der Waals surface area (Å²) in [5.41, 5.74) is 2.70. The highest BCUT2D eigenvalue weighted by Gasteiger charge is 2.65. The summed E-state index contributed by atoms with van der Waals surface area (Å²) >= 11 is 0. The van der Waals surface area contributed by atoms with Crippen molar-refractivity contribution >= 4 is 0 Å². The standard InChI is InChI=1S/C24H29FO2/c1-16(2)24-14-22(26-15-19-9-5-6-11-21(19)25)23(4,27-24)13-20(24)18-10-7-8-17(3)12-18/h5-12,16,20,22H,13-15H2,1-4H3/t20?,22-,23+,24-/m1/s1. The Morgan fingerprint density at radius 3 is 2.63 bits per heavy atom. The lowest BCUT2D eigenvalue weighted by Gasteiger charge is -2.39. The van der Waals surface area contributed by atoms with Gasteiger partial charge in [0.05, 0.1) is 23.9 Å². The van der Waals surface area contributed by atoms with Crippen LogP contribution in [0.3, 0.4) is 0 Å². The highest BCUT2D eigenvalue weighted by Crippen LogP contribution is 2.61. The zero-order valence-corrected chi connectivity index (χ0v) is 16.7. The van der Waals surface area contributed by atoms with Crippen LogP contribution >= 0.6 is 0 Å². The Kier molecular flexibility index (Phi) is 4.64. The third-order valence-corrected chi connectivity index (χ3v) is 6.63. The van der Waals surface area contributed by atoms with Crippen LogP contribution in [-0.4, -0.2) is 17.3 Å². The molecular formula is C24H29FO2. The van der Waals surface area contributed by atoms with Gasteiger partial charge in [0.1, 0.15) is 5.82 Å². The van der Waals surface area contributed by atoms with Crippen molar-refractivity contribution in [2.24, 2.45) is 5.92 Å². The lowest BCUT2D eigenvalue weighted by atomic mass is 9.66. The summed E-state index contributed by atoms with van der Waals surface area (Å²) in [5, 5.41) is 0. The van der Waals surface area contributed by atoms with E-state index >= 15 is 0 Å². The molecule has 2 aliphatic rings. The molecule has 2 bridgehead atoms. The number of hydrogen-bond acceptors (Lipinski definition) is 2. The van der Waals surface area contributed by atoms with Crippen LogP contribution in [0.5, 0.6) is 0 Å². The summed E-state index contributed by atoms with van der Waals surface area (Å²) in [5.74, 6) is 0.547. The van der Waals surface area contributed by atoms with E-state index in [-0.39, 0.29) is 23.1 Å². The van der Waals surface area contributed by atoms with Gasteiger partial charge in [-0.15, -0.1) is 0 Å². The van der Waals surface area contributed by atoms with Crippen molar-refractivity contribution in [1.82, 2.24) is 0 Å². The second kappa shape index (κ2) is 6.72. The van der Waals surface area contributed by atoms with Crippen molar-refractivity contribution in [3.63, 3.8) is 0 Å². The number of rotatable bonds is 5. The molecular weight excluding hydrogens is 339 g/mol. The van der Waals surface area contributed by atoms with Gasteiger partial charge >= 0.3 is 0 Å². The molecule has 0 saturated carbocycles. The number of aryl methyl sites for hydroxylation is 1. The number of fused-ring (bicyclic) bond motifs is 2. The second-order valence-electron chi connectivity index (χ2n) is 8.79. The van der Waals surface area contributed by atoms with Crippen LogP contribution in [0.1, 0.15) is 56.2 Å². The lowest BCUT2D eigenvalue weighted by molar-refractivity contribution is -0.0974. The van der Waals surface area contributed by atoms with E-state index in [1.54, 1.807) is 12.1 Å². The number of halogens is 1. The lowest BCUT2D eigenvalue weighted by Crippen LogP contribution is -2.43. The zero-order valence-electron chi connectivity index (χ0n) is 16.7. The predicted molar refractivity (Wildman–Crippen MR) is 105 cm³/mol. The molecule has 4 atom stereocenters. The zero-order chi connectivity index (χ0) is 19.2. The largest absolute Gasteiger partial charge is 0.370 e. The Bertz CT molecular complexity index is 833. The summed E-state index contributed by atoms with van der Waals surface area (Å²) in [6.45, 7) is 9.09. The molecule has 2 heterocycles. The van der Waals surface area contributed by atoms with E-state index in [2.05, 4.69) is 52.0 Å². The van der Waals surface area contributed by atoms with Crippen LogP contribution < -0.4 is 0 Å². The minimum Gasteiger partial charge on any atom is -0.370 e. The maximum Gasteiger partial charge on any atom is 0.128 e. The SMILES string of the molecule is Cc1cccc(C2C[C@]3(C)O[C@@]2(C(C)C)C[C@H]3OCc2ccccc2F)c1. The Morgan fingerprint density at radius 2 is 1.93 bits per heavy atom. The van der Waals surface area contributed by atoms with E-state index in [9.17, 15) is 4.39 Å². The summed E-state index contributed by atoms with van der Waals surface area (Å²) in [4.78, 5) is 0. The van der Waals surface area contributed by atoms with Crippen LogP contribution in [0, 0.1) is 18.7 Å². The van der Waals surface area contributed by atoms with Crippen molar-refractivity contribution in [3.05, 3.63) is 71.0 Å². The summed E-state index contributed by atoms with van der Waals surface area (Å²) in [6.07, 6.45) is 1.78. The first kappa shape index (κ1) is 18.6. The molecule has 144 valence electrons. The van der Waals surface area contributed by atoms with E-state index in [0.717, 1.165) is 12.8 Å². The van der Waals surface area contributed by atoms with Crippen molar-refractivity contribution in [3.8, 4) is 0 Å². The van der Waals surface area contributed by atoms with Gasteiger partial charge in [-0.25, -0.2) is 4.39 Å². The van der Waals surface area contributed by atoms with Crippen LogP contribution in [0.15, 0.2) is 48.5 Å². The molecule has 0 aromatic heterocycles.